The van der Waals surface area contributed by atoms with E-state index in [2.05, 4.69) is 47.4 Å². The molecule has 6 atom stereocenters. The predicted molar refractivity (Wildman–Crippen MR) is 118 cm³/mol. The molecular weight excluding hydrogens is 338 g/mol. The molecule has 1 aromatic rings. The molecule has 4 bridgehead atoms. The smallest absolute Gasteiger partial charge is 0.0401 e. The van der Waals surface area contributed by atoms with Crippen LogP contribution in [0.5, 0.6) is 0 Å². The van der Waals surface area contributed by atoms with Crippen molar-refractivity contribution < 1.29 is 0 Å². The third-order valence-electron chi connectivity index (χ3n) is 8.70. The third-order valence-corrected chi connectivity index (χ3v) is 8.70. The van der Waals surface area contributed by atoms with Gasteiger partial charge in [-0.1, -0.05) is 42.9 Å². The number of hydrogen-bond donors (Lipinski definition) is 0. The molecule has 1 nitrogen and oxygen atoms in total. The van der Waals surface area contributed by atoms with Gasteiger partial charge in [0.25, 0.3) is 0 Å². The summed E-state index contributed by atoms with van der Waals surface area (Å²) in [6, 6.07) is 7.24. The molecule has 6 unspecified atom stereocenters. The Kier molecular flexibility index (Phi) is 4.39. The van der Waals surface area contributed by atoms with Crippen molar-refractivity contribution in [2.75, 3.05) is 18.0 Å². The predicted octanol–water partition coefficient (Wildman–Crippen LogP) is 6.19. The summed E-state index contributed by atoms with van der Waals surface area (Å²) >= 11 is 0. The van der Waals surface area contributed by atoms with Gasteiger partial charge in [0.05, 0.1) is 0 Å². The number of allylic oxidation sites excluding steroid dienone is 4. The number of rotatable bonds is 5. The van der Waals surface area contributed by atoms with E-state index in [1.54, 1.807) is 16.8 Å². The maximum Gasteiger partial charge on any atom is 0.0401 e. The van der Waals surface area contributed by atoms with Crippen molar-refractivity contribution in [3.8, 4) is 0 Å². The van der Waals surface area contributed by atoms with Gasteiger partial charge in [-0.3, -0.25) is 0 Å². The topological polar surface area (TPSA) is 3.24 Å². The average molecular weight is 374 g/mol. The van der Waals surface area contributed by atoms with Crippen molar-refractivity contribution in [3.63, 3.8) is 0 Å². The van der Waals surface area contributed by atoms with E-state index in [1.165, 1.54) is 70.9 Å². The minimum Gasteiger partial charge on any atom is -0.371 e. The number of hydrogen-bond acceptors (Lipinski definition) is 1. The maximum atomic E-state index is 2.88. The van der Waals surface area contributed by atoms with Gasteiger partial charge < -0.3 is 4.90 Å². The highest BCUT2D eigenvalue weighted by Crippen LogP contribution is 2.47. The zero-order valence-corrected chi connectivity index (χ0v) is 17.2. The van der Waals surface area contributed by atoms with Crippen LogP contribution in [0.3, 0.4) is 0 Å². The minimum absolute atomic E-state index is 0.856. The molecule has 2 fully saturated rings. The second-order valence-electron chi connectivity index (χ2n) is 10.5. The average Bonchev–Trinajstić information content (AvgIpc) is 3.47. The minimum atomic E-state index is 0.856. The van der Waals surface area contributed by atoms with Crippen LogP contribution in [-0.2, 0) is 12.8 Å². The van der Waals surface area contributed by atoms with Gasteiger partial charge in [0.2, 0.25) is 0 Å². The molecule has 0 N–H and O–H groups in total. The van der Waals surface area contributed by atoms with Crippen LogP contribution < -0.4 is 4.90 Å². The Morgan fingerprint density at radius 3 is 2.00 bits per heavy atom. The first-order valence-electron chi connectivity index (χ1n) is 12.1. The Morgan fingerprint density at radius 1 is 0.714 bits per heavy atom. The molecule has 0 aromatic heterocycles. The van der Waals surface area contributed by atoms with Crippen LogP contribution >= 0.6 is 0 Å². The van der Waals surface area contributed by atoms with E-state index in [1.807, 2.05) is 0 Å². The number of anilines is 1. The van der Waals surface area contributed by atoms with Crippen LogP contribution in [-0.4, -0.2) is 13.1 Å². The van der Waals surface area contributed by atoms with E-state index in [9.17, 15) is 0 Å². The van der Waals surface area contributed by atoms with Crippen molar-refractivity contribution in [2.45, 2.75) is 57.8 Å². The molecule has 2 saturated carbocycles. The van der Waals surface area contributed by atoms with E-state index in [-0.39, 0.29) is 0 Å². The van der Waals surface area contributed by atoms with Gasteiger partial charge in [0.1, 0.15) is 0 Å². The number of fused-ring (bicyclic) bond motifs is 5. The Bertz CT molecular complexity index is 753. The van der Waals surface area contributed by atoms with Crippen molar-refractivity contribution in [3.05, 3.63) is 53.6 Å². The van der Waals surface area contributed by atoms with Crippen LogP contribution in [0.4, 0.5) is 5.69 Å². The van der Waals surface area contributed by atoms with Crippen LogP contribution in [0.25, 0.3) is 0 Å². The molecule has 5 aliphatic rings. The lowest BCUT2D eigenvalue weighted by Gasteiger charge is -2.35. The molecule has 1 aromatic carbocycles. The second-order valence-corrected chi connectivity index (χ2v) is 10.5. The Balaban J connectivity index is 1.30. The van der Waals surface area contributed by atoms with Crippen molar-refractivity contribution in [1.82, 2.24) is 0 Å². The maximum absolute atomic E-state index is 2.88. The number of nitrogens with zero attached hydrogens (tertiary/aromatic N) is 1. The summed E-state index contributed by atoms with van der Waals surface area (Å²) in [5, 5.41) is 0. The normalized spacial score (nSPS) is 37.4. The highest BCUT2D eigenvalue weighted by atomic mass is 15.1. The van der Waals surface area contributed by atoms with E-state index in [0.717, 1.165) is 35.5 Å². The first-order valence-corrected chi connectivity index (χ1v) is 12.1. The van der Waals surface area contributed by atoms with Crippen LogP contribution in [0.1, 0.15) is 56.1 Å². The molecule has 0 radical (unpaired) electrons. The molecule has 0 saturated heterocycles. The zero-order valence-electron chi connectivity index (χ0n) is 17.2. The van der Waals surface area contributed by atoms with E-state index in [0.29, 0.717) is 0 Å². The second kappa shape index (κ2) is 7.08. The molecule has 28 heavy (non-hydrogen) atoms. The lowest BCUT2D eigenvalue weighted by molar-refractivity contribution is 0.396. The van der Waals surface area contributed by atoms with Crippen molar-refractivity contribution in [2.24, 2.45) is 35.5 Å². The van der Waals surface area contributed by atoms with Crippen LogP contribution in [0.15, 0.2) is 42.5 Å². The number of benzene rings is 1. The summed E-state index contributed by atoms with van der Waals surface area (Å²) in [4.78, 5) is 2.88. The first-order chi connectivity index (χ1) is 13.8. The molecule has 5 aliphatic carbocycles. The lowest BCUT2D eigenvalue weighted by atomic mass is 9.89. The van der Waals surface area contributed by atoms with E-state index >= 15 is 0 Å². The zero-order chi connectivity index (χ0) is 18.5. The Morgan fingerprint density at radius 2 is 1.39 bits per heavy atom. The molecule has 0 spiro atoms. The summed E-state index contributed by atoms with van der Waals surface area (Å²) < 4.78 is 0. The van der Waals surface area contributed by atoms with E-state index < -0.39 is 0 Å². The summed E-state index contributed by atoms with van der Waals surface area (Å²) in [6.07, 6.45) is 22.6. The summed E-state index contributed by atoms with van der Waals surface area (Å²) in [5.41, 5.74) is 4.97. The van der Waals surface area contributed by atoms with Crippen molar-refractivity contribution >= 4 is 5.69 Å². The van der Waals surface area contributed by atoms with Gasteiger partial charge in [-0.05, 0) is 104 Å². The molecule has 6 rings (SSSR count). The lowest BCUT2D eigenvalue weighted by Crippen LogP contribution is -2.37. The van der Waals surface area contributed by atoms with Gasteiger partial charge in [-0.2, -0.15) is 0 Å². The fourth-order valence-corrected chi connectivity index (χ4v) is 7.28. The third kappa shape index (κ3) is 3.06. The highest BCUT2D eigenvalue weighted by molar-refractivity contribution is 5.58. The fraction of sp³-hybridized carbons (Fsp3) is 0.630. The van der Waals surface area contributed by atoms with Gasteiger partial charge >= 0.3 is 0 Å². The van der Waals surface area contributed by atoms with Crippen molar-refractivity contribution in [1.29, 1.82) is 0 Å². The highest BCUT2D eigenvalue weighted by Gasteiger charge is 2.40. The van der Waals surface area contributed by atoms with Crippen LogP contribution in [0.2, 0.25) is 0 Å². The molecule has 0 amide bonds. The summed E-state index contributed by atoms with van der Waals surface area (Å²) in [6.45, 7) is 2.58. The quantitative estimate of drug-likeness (QED) is 0.439. The molecule has 0 aliphatic heterocycles. The molecule has 0 heterocycles. The monoisotopic (exact) mass is 373 g/mol. The standard InChI is InChI=1S/C27H35N/c1-2-5-21-6-4-8-27(26(21)7-3-1)28(17-24-15-19-9-11-22(24)13-19)18-25-16-20-10-12-23(25)14-20/h4,6,8-12,19-20,22-25H,1-3,5,7,13-18H2. The summed E-state index contributed by atoms with van der Waals surface area (Å²) in [5.74, 6) is 5.24. The number of aryl methyl sites for hydroxylation is 1. The largest absolute Gasteiger partial charge is 0.371 e. The first kappa shape index (κ1) is 17.4. The molecular formula is C27H35N. The summed E-state index contributed by atoms with van der Waals surface area (Å²) in [7, 11) is 0. The molecule has 1 heteroatoms. The Hall–Kier alpha value is -1.50. The van der Waals surface area contributed by atoms with Gasteiger partial charge in [0.15, 0.2) is 0 Å². The fourth-order valence-electron chi connectivity index (χ4n) is 7.28. The Labute approximate surface area is 170 Å². The molecule has 148 valence electrons. The van der Waals surface area contributed by atoms with Gasteiger partial charge in [-0.25, -0.2) is 0 Å². The van der Waals surface area contributed by atoms with Gasteiger partial charge in [-0.15, -0.1) is 0 Å². The van der Waals surface area contributed by atoms with Gasteiger partial charge in [0, 0.05) is 18.8 Å². The van der Waals surface area contributed by atoms with Crippen LogP contribution in [0, 0.1) is 35.5 Å². The SMILES string of the molecule is C1=CC2CC1CC2CN(CC1CC2C=CC1C2)c1cccc2c1CCCCC2. The van der Waals surface area contributed by atoms with E-state index in [4.69, 9.17) is 0 Å².